The van der Waals surface area contributed by atoms with Gasteiger partial charge in [0.25, 0.3) is 0 Å². The van der Waals surface area contributed by atoms with Crippen LogP contribution in [-0.4, -0.2) is 40.9 Å². The van der Waals surface area contributed by atoms with Crippen molar-refractivity contribution in [1.82, 2.24) is 15.3 Å². The zero-order valence-electron chi connectivity index (χ0n) is 10.5. The molecule has 2 heterocycles. The Morgan fingerprint density at radius 1 is 1.42 bits per heavy atom. The van der Waals surface area contributed by atoms with E-state index in [4.69, 9.17) is 17.0 Å². The smallest absolute Gasteiger partial charge is 0.238 e. The summed E-state index contributed by atoms with van der Waals surface area (Å²) in [5.74, 6) is -0.159. The molecule has 1 N–H and O–H groups in total. The highest BCUT2D eigenvalue weighted by molar-refractivity contribution is 7.80. The maximum atomic E-state index is 12.3. The van der Waals surface area contributed by atoms with Crippen molar-refractivity contribution >= 4 is 29.5 Å². The molecule has 1 aromatic rings. The number of aromatic nitrogens is 2. The zero-order valence-corrected chi connectivity index (χ0v) is 11.3. The molecule has 0 saturated carbocycles. The van der Waals surface area contributed by atoms with Crippen molar-refractivity contribution in [3.05, 3.63) is 24.3 Å². The summed E-state index contributed by atoms with van der Waals surface area (Å²) >= 11 is 4.88. The van der Waals surface area contributed by atoms with Crippen molar-refractivity contribution in [3.63, 3.8) is 0 Å². The molecule has 1 atom stereocenters. The van der Waals surface area contributed by atoms with Crippen molar-refractivity contribution in [2.24, 2.45) is 10.4 Å². The number of hydrogen-bond donors (Lipinski definition) is 1. The Kier molecular flexibility index (Phi) is 4.28. The first-order valence-corrected chi connectivity index (χ1v) is 6.20. The molecule has 0 saturated heterocycles. The van der Waals surface area contributed by atoms with Gasteiger partial charge in [0, 0.05) is 32.3 Å². The minimum absolute atomic E-state index is 0.159. The maximum absolute atomic E-state index is 12.3. The standard InChI is InChI=1S/C12H14N4O2S/c1-18-3-2-12(4-9-5-13-8-14-6-9)7-15-11(19)16-10(12)17/h5-8H,2-4H2,1H3,(H,16,17,19). The second kappa shape index (κ2) is 5.94. The average Bonchev–Trinajstić information content (AvgIpc) is 2.42. The van der Waals surface area contributed by atoms with E-state index in [9.17, 15) is 4.79 Å². The van der Waals surface area contributed by atoms with E-state index in [1.54, 1.807) is 25.7 Å². The number of nitrogens with zero attached hydrogens (tertiary/aromatic N) is 3. The Morgan fingerprint density at radius 2 is 2.16 bits per heavy atom. The molecule has 0 aromatic carbocycles. The zero-order chi connectivity index (χ0) is 13.7. The number of carbonyl (C=O) groups is 1. The van der Waals surface area contributed by atoms with Gasteiger partial charge in [0.15, 0.2) is 5.11 Å². The number of rotatable bonds is 5. The largest absolute Gasteiger partial charge is 0.385 e. The third-order valence-corrected chi connectivity index (χ3v) is 3.19. The predicted octanol–water partition coefficient (Wildman–Crippen LogP) is 0.527. The highest BCUT2D eigenvalue weighted by Crippen LogP contribution is 2.27. The molecule has 0 bridgehead atoms. The van der Waals surface area contributed by atoms with Crippen molar-refractivity contribution in [1.29, 1.82) is 0 Å². The van der Waals surface area contributed by atoms with Crippen LogP contribution in [0.2, 0.25) is 0 Å². The second-order valence-corrected chi connectivity index (χ2v) is 4.73. The van der Waals surface area contributed by atoms with Crippen LogP contribution in [0.3, 0.4) is 0 Å². The van der Waals surface area contributed by atoms with Gasteiger partial charge >= 0.3 is 0 Å². The van der Waals surface area contributed by atoms with Gasteiger partial charge in [-0.05, 0) is 30.6 Å². The molecule has 0 radical (unpaired) electrons. The van der Waals surface area contributed by atoms with Crippen molar-refractivity contribution in [2.75, 3.05) is 13.7 Å². The lowest BCUT2D eigenvalue weighted by atomic mass is 9.79. The van der Waals surface area contributed by atoms with Crippen LogP contribution >= 0.6 is 12.2 Å². The Balaban J connectivity index is 2.27. The summed E-state index contributed by atoms with van der Waals surface area (Å²) in [4.78, 5) is 24.2. The summed E-state index contributed by atoms with van der Waals surface area (Å²) in [5, 5.41) is 2.79. The topological polar surface area (TPSA) is 76.5 Å². The fraction of sp³-hybridized carbons (Fsp3) is 0.417. The van der Waals surface area contributed by atoms with E-state index >= 15 is 0 Å². The molecule has 100 valence electrons. The first-order chi connectivity index (χ1) is 9.16. The summed E-state index contributed by atoms with van der Waals surface area (Å²) < 4.78 is 5.08. The molecule has 0 aliphatic carbocycles. The summed E-state index contributed by atoms with van der Waals surface area (Å²) in [6.45, 7) is 0.458. The molecule has 1 aliphatic heterocycles. The molecule has 6 nitrogen and oxygen atoms in total. The SMILES string of the molecule is COCCC1(Cc2cncnc2)C=NC(=S)NC1=O. The summed E-state index contributed by atoms with van der Waals surface area (Å²) in [7, 11) is 1.60. The highest BCUT2D eigenvalue weighted by Gasteiger charge is 2.39. The van der Waals surface area contributed by atoms with Crippen molar-refractivity contribution in [3.8, 4) is 0 Å². The molecule has 0 spiro atoms. The third kappa shape index (κ3) is 3.18. The van der Waals surface area contributed by atoms with Crippen LogP contribution in [0.1, 0.15) is 12.0 Å². The molecular formula is C12H14N4O2S. The van der Waals surface area contributed by atoms with Crippen LogP contribution in [0.15, 0.2) is 23.7 Å². The molecule has 7 heteroatoms. The van der Waals surface area contributed by atoms with Gasteiger partial charge in [-0.1, -0.05) is 0 Å². The Labute approximate surface area is 116 Å². The van der Waals surface area contributed by atoms with Crippen LogP contribution in [0.25, 0.3) is 0 Å². The summed E-state index contributed by atoms with van der Waals surface area (Å²) in [6.07, 6.45) is 7.44. The Bertz CT molecular complexity index is 506. The lowest BCUT2D eigenvalue weighted by Gasteiger charge is -2.30. The van der Waals surface area contributed by atoms with E-state index in [-0.39, 0.29) is 11.0 Å². The maximum Gasteiger partial charge on any atom is 0.238 e. The quantitative estimate of drug-likeness (QED) is 0.795. The van der Waals surface area contributed by atoms with E-state index < -0.39 is 5.41 Å². The van der Waals surface area contributed by atoms with E-state index in [1.807, 2.05) is 0 Å². The lowest BCUT2D eigenvalue weighted by molar-refractivity contribution is -0.126. The monoisotopic (exact) mass is 278 g/mol. The van der Waals surface area contributed by atoms with Gasteiger partial charge in [0.1, 0.15) is 6.33 Å². The van der Waals surface area contributed by atoms with E-state index in [1.165, 1.54) is 6.33 Å². The molecule has 1 amide bonds. The predicted molar refractivity (Wildman–Crippen MR) is 73.9 cm³/mol. The van der Waals surface area contributed by atoms with E-state index in [0.717, 1.165) is 5.56 Å². The van der Waals surface area contributed by atoms with Gasteiger partial charge in [-0.25, -0.2) is 15.0 Å². The summed E-state index contributed by atoms with van der Waals surface area (Å²) in [6, 6.07) is 0. The van der Waals surface area contributed by atoms with Crippen LogP contribution < -0.4 is 5.32 Å². The minimum atomic E-state index is -0.761. The third-order valence-electron chi connectivity index (χ3n) is 2.99. The first-order valence-electron chi connectivity index (χ1n) is 5.80. The fourth-order valence-corrected chi connectivity index (χ4v) is 2.10. The number of carbonyl (C=O) groups excluding carboxylic acids is 1. The fourth-order valence-electron chi connectivity index (χ4n) is 1.96. The number of amides is 1. The van der Waals surface area contributed by atoms with Crippen LogP contribution in [-0.2, 0) is 16.0 Å². The van der Waals surface area contributed by atoms with Crippen LogP contribution in [0.5, 0.6) is 0 Å². The number of hydrogen-bond acceptors (Lipinski definition) is 5. The Hall–Kier alpha value is -1.73. The molecule has 1 aromatic heterocycles. The van der Waals surface area contributed by atoms with Crippen molar-refractivity contribution in [2.45, 2.75) is 12.8 Å². The van der Waals surface area contributed by atoms with Crippen LogP contribution in [0, 0.1) is 5.41 Å². The molecule has 1 unspecified atom stereocenters. The van der Waals surface area contributed by atoms with Gasteiger partial charge < -0.3 is 10.1 Å². The Morgan fingerprint density at radius 3 is 2.79 bits per heavy atom. The molecule has 0 fully saturated rings. The van der Waals surface area contributed by atoms with Gasteiger partial charge in [0.05, 0.1) is 5.41 Å². The van der Waals surface area contributed by atoms with Gasteiger partial charge in [-0.2, -0.15) is 0 Å². The van der Waals surface area contributed by atoms with E-state index in [2.05, 4.69) is 20.3 Å². The number of aliphatic imine (C=N–C) groups is 1. The van der Waals surface area contributed by atoms with E-state index in [0.29, 0.717) is 19.4 Å². The van der Waals surface area contributed by atoms with Crippen LogP contribution in [0.4, 0.5) is 0 Å². The number of ether oxygens (including phenoxy) is 1. The average molecular weight is 278 g/mol. The lowest BCUT2D eigenvalue weighted by Crippen LogP contribution is -2.49. The van der Waals surface area contributed by atoms with Gasteiger partial charge in [-0.3, -0.25) is 4.79 Å². The molecule has 2 rings (SSSR count). The second-order valence-electron chi connectivity index (χ2n) is 4.34. The normalized spacial score (nSPS) is 22.4. The first kappa shape index (κ1) is 13.7. The van der Waals surface area contributed by atoms with Crippen molar-refractivity contribution < 1.29 is 9.53 Å². The number of thiocarbonyl (C=S) groups is 1. The molecule has 19 heavy (non-hydrogen) atoms. The number of methoxy groups -OCH3 is 1. The highest BCUT2D eigenvalue weighted by atomic mass is 32.1. The molecular weight excluding hydrogens is 264 g/mol. The molecule has 1 aliphatic rings. The summed E-state index contributed by atoms with van der Waals surface area (Å²) in [5.41, 5.74) is 0.108. The minimum Gasteiger partial charge on any atom is -0.385 e. The number of nitrogens with one attached hydrogen (secondary N) is 1. The van der Waals surface area contributed by atoms with Gasteiger partial charge in [0.2, 0.25) is 5.91 Å². The van der Waals surface area contributed by atoms with Gasteiger partial charge in [-0.15, -0.1) is 0 Å².